The smallest absolute Gasteiger partial charge is 0.164 e. The topological polar surface area (TPSA) is 80.9 Å². The second kappa shape index (κ2) is 2.23. The van der Waals surface area contributed by atoms with Crippen molar-refractivity contribution < 1.29 is 20.4 Å². The highest BCUT2D eigenvalue weighted by molar-refractivity contribution is 5.57. The van der Waals surface area contributed by atoms with Crippen molar-refractivity contribution in [2.24, 2.45) is 0 Å². The van der Waals surface area contributed by atoms with E-state index in [1.807, 2.05) is 0 Å². The minimum Gasteiger partial charge on any atom is -0.504 e. The summed E-state index contributed by atoms with van der Waals surface area (Å²) in [5, 5.41) is 35.7. The summed E-state index contributed by atoms with van der Waals surface area (Å²) in [6, 6.07) is 0.873. The molecule has 11 heavy (non-hydrogen) atoms. The van der Waals surface area contributed by atoms with Gasteiger partial charge in [0.05, 0.1) is 0 Å². The lowest BCUT2D eigenvalue weighted by atomic mass is 10.2. The molecule has 0 spiro atoms. The molecule has 0 aliphatic carbocycles. The van der Waals surface area contributed by atoms with Crippen LogP contribution < -0.4 is 0 Å². The van der Waals surface area contributed by atoms with Crippen LogP contribution in [0.25, 0.3) is 0 Å². The molecule has 0 heterocycles. The molecule has 1 aromatic carbocycles. The number of aromatic hydroxyl groups is 4. The first kappa shape index (κ1) is 7.53. The van der Waals surface area contributed by atoms with Crippen LogP contribution in [0.15, 0.2) is 6.07 Å². The third-order valence-electron chi connectivity index (χ3n) is 1.47. The van der Waals surface area contributed by atoms with Crippen LogP contribution in [0.2, 0.25) is 0 Å². The van der Waals surface area contributed by atoms with Gasteiger partial charge < -0.3 is 20.4 Å². The van der Waals surface area contributed by atoms with Gasteiger partial charge in [-0.15, -0.1) is 0 Å². The first-order chi connectivity index (χ1) is 5.04. The maximum absolute atomic E-state index is 8.99. The third-order valence-corrected chi connectivity index (χ3v) is 1.47. The highest BCUT2D eigenvalue weighted by Crippen LogP contribution is 2.40. The van der Waals surface area contributed by atoms with E-state index in [0.29, 0.717) is 0 Å². The van der Waals surface area contributed by atoms with Crippen LogP contribution in [0.1, 0.15) is 5.56 Å². The standard InChI is InChI=1S/C7H8O4/c1-3-6(10)4(8)2-5(9)7(3)11/h2,8-11H,1H3. The molecular formula is C7H8O4. The molecule has 0 bridgehead atoms. The Morgan fingerprint density at radius 1 is 0.909 bits per heavy atom. The second-order valence-corrected chi connectivity index (χ2v) is 2.24. The monoisotopic (exact) mass is 156 g/mol. The molecular weight excluding hydrogens is 148 g/mol. The van der Waals surface area contributed by atoms with Gasteiger partial charge in [0.1, 0.15) is 0 Å². The van der Waals surface area contributed by atoms with E-state index in [1.165, 1.54) is 6.92 Å². The Kier molecular flexibility index (Phi) is 1.53. The van der Waals surface area contributed by atoms with E-state index in [9.17, 15) is 0 Å². The molecule has 60 valence electrons. The molecule has 0 amide bonds. The lowest BCUT2D eigenvalue weighted by molar-refractivity contribution is 0.368. The van der Waals surface area contributed by atoms with Gasteiger partial charge in [0, 0.05) is 11.6 Å². The molecule has 0 atom stereocenters. The third kappa shape index (κ3) is 1.02. The van der Waals surface area contributed by atoms with Crippen molar-refractivity contribution in [1.82, 2.24) is 0 Å². The Bertz CT molecular complexity index is 267. The Balaban J connectivity index is 3.46. The Morgan fingerprint density at radius 3 is 1.64 bits per heavy atom. The fourth-order valence-electron chi connectivity index (χ4n) is 0.763. The average molecular weight is 156 g/mol. The average Bonchev–Trinajstić information content (AvgIpc) is 1.97. The lowest BCUT2D eigenvalue weighted by Gasteiger charge is -2.05. The molecule has 0 aromatic heterocycles. The molecule has 0 fully saturated rings. The summed E-state index contributed by atoms with van der Waals surface area (Å²) < 4.78 is 0. The van der Waals surface area contributed by atoms with Gasteiger partial charge in [0.25, 0.3) is 0 Å². The van der Waals surface area contributed by atoms with Gasteiger partial charge in [-0.05, 0) is 6.92 Å². The quantitative estimate of drug-likeness (QED) is 0.331. The lowest BCUT2D eigenvalue weighted by Crippen LogP contribution is -1.78. The molecule has 0 unspecified atom stereocenters. The molecule has 1 rings (SSSR count). The SMILES string of the molecule is Cc1c(O)c(O)cc(O)c1O. The highest BCUT2D eigenvalue weighted by Gasteiger charge is 2.11. The number of hydrogen-bond donors (Lipinski definition) is 4. The summed E-state index contributed by atoms with van der Waals surface area (Å²) in [7, 11) is 0. The maximum atomic E-state index is 8.99. The number of rotatable bonds is 0. The van der Waals surface area contributed by atoms with Crippen LogP contribution in [0.5, 0.6) is 23.0 Å². The van der Waals surface area contributed by atoms with E-state index in [0.717, 1.165) is 6.07 Å². The molecule has 0 aliphatic rings. The van der Waals surface area contributed by atoms with Crippen LogP contribution in [0.4, 0.5) is 0 Å². The van der Waals surface area contributed by atoms with Gasteiger partial charge >= 0.3 is 0 Å². The molecule has 0 saturated carbocycles. The number of phenols is 4. The summed E-state index contributed by atoms with van der Waals surface area (Å²) in [6.45, 7) is 1.38. The summed E-state index contributed by atoms with van der Waals surface area (Å²) in [4.78, 5) is 0. The molecule has 0 aliphatic heterocycles. The zero-order valence-corrected chi connectivity index (χ0v) is 5.87. The number of phenolic OH excluding ortho intramolecular Hbond substituents is 4. The molecule has 4 nitrogen and oxygen atoms in total. The summed E-state index contributed by atoms with van der Waals surface area (Å²) >= 11 is 0. The maximum Gasteiger partial charge on any atom is 0.164 e. The fourth-order valence-corrected chi connectivity index (χ4v) is 0.763. The molecule has 4 N–H and O–H groups in total. The van der Waals surface area contributed by atoms with E-state index >= 15 is 0 Å². The minimum atomic E-state index is -0.446. The van der Waals surface area contributed by atoms with Crippen LogP contribution in [-0.4, -0.2) is 20.4 Å². The Hall–Kier alpha value is -1.58. The zero-order chi connectivity index (χ0) is 8.59. The first-order valence-electron chi connectivity index (χ1n) is 2.97. The largest absolute Gasteiger partial charge is 0.504 e. The zero-order valence-electron chi connectivity index (χ0n) is 5.87. The van der Waals surface area contributed by atoms with E-state index in [-0.39, 0.29) is 5.56 Å². The van der Waals surface area contributed by atoms with Gasteiger partial charge in [0.2, 0.25) is 0 Å². The van der Waals surface area contributed by atoms with Crippen molar-refractivity contribution in [3.05, 3.63) is 11.6 Å². The van der Waals surface area contributed by atoms with Crippen molar-refractivity contribution in [1.29, 1.82) is 0 Å². The van der Waals surface area contributed by atoms with E-state index in [2.05, 4.69) is 0 Å². The summed E-state index contributed by atoms with van der Waals surface area (Å²) in [5.74, 6) is -1.73. The van der Waals surface area contributed by atoms with Crippen molar-refractivity contribution in [2.75, 3.05) is 0 Å². The van der Waals surface area contributed by atoms with Gasteiger partial charge in [0.15, 0.2) is 23.0 Å². The van der Waals surface area contributed by atoms with E-state index in [1.54, 1.807) is 0 Å². The Labute approximate surface area is 63.0 Å². The Morgan fingerprint density at radius 2 is 1.27 bits per heavy atom. The van der Waals surface area contributed by atoms with E-state index < -0.39 is 23.0 Å². The van der Waals surface area contributed by atoms with Crippen molar-refractivity contribution >= 4 is 0 Å². The first-order valence-corrected chi connectivity index (χ1v) is 2.97. The van der Waals surface area contributed by atoms with Gasteiger partial charge in [-0.1, -0.05) is 0 Å². The van der Waals surface area contributed by atoms with Crippen molar-refractivity contribution in [3.63, 3.8) is 0 Å². The molecule has 1 aromatic rings. The normalized spacial score (nSPS) is 9.91. The minimum absolute atomic E-state index is 0.0579. The van der Waals surface area contributed by atoms with Crippen molar-refractivity contribution in [3.8, 4) is 23.0 Å². The van der Waals surface area contributed by atoms with Gasteiger partial charge in [-0.25, -0.2) is 0 Å². The second-order valence-electron chi connectivity index (χ2n) is 2.24. The number of benzene rings is 1. The summed E-state index contributed by atoms with van der Waals surface area (Å²) in [5.41, 5.74) is 0.0579. The summed E-state index contributed by atoms with van der Waals surface area (Å²) in [6.07, 6.45) is 0. The van der Waals surface area contributed by atoms with E-state index in [4.69, 9.17) is 20.4 Å². The molecule has 0 saturated heterocycles. The fraction of sp³-hybridized carbons (Fsp3) is 0.143. The predicted molar refractivity (Wildman–Crippen MR) is 37.8 cm³/mol. The number of hydrogen-bond acceptors (Lipinski definition) is 4. The molecule has 0 radical (unpaired) electrons. The van der Waals surface area contributed by atoms with Crippen LogP contribution in [-0.2, 0) is 0 Å². The van der Waals surface area contributed by atoms with Gasteiger partial charge in [-0.3, -0.25) is 0 Å². The van der Waals surface area contributed by atoms with Crippen LogP contribution in [0.3, 0.4) is 0 Å². The van der Waals surface area contributed by atoms with Crippen LogP contribution in [0, 0.1) is 6.92 Å². The van der Waals surface area contributed by atoms with Crippen molar-refractivity contribution in [2.45, 2.75) is 6.92 Å². The molecule has 4 heteroatoms. The van der Waals surface area contributed by atoms with Crippen LogP contribution >= 0.6 is 0 Å². The van der Waals surface area contributed by atoms with Gasteiger partial charge in [-0.2, -0.15) is 0 Å². The highest BCUT2D eigenvalue weighted by atomic mass is 16.3. The predicted octanol–water partition coefficient (Wildman–Crippen LogP) is 0.817.